The molecule has 104 valence electrons. The van der Waals surface area contributed by atoms with Crippen molar-refractivity contribution in [2.24, 2.45) is 7.05 Å². The summed E-state index contributed by atoms with van der Waals surface area (Å²) in [6, 6.07) is 5.47. The van der Waals surface area contributed by atoms with E-state index in [9.17, 15) is 8.78 Å². The number of hydrogen-bond acceptors (Lipinski definition) is 4. The van der Waals surface area contributed by atoms with Gasteiger partial charge < -0.3 is 9.73 Å². The van der Waals surface area contributed by atoms with Gasteiger partial charge in [-0.1, -0.05) is 11.8 Å². The Labute approximate surface area is 114 Å². The first-order valence-electron chi connectivity index (χ1n) is 5.80. The van der Waals surface area contributed by atoms with Crippen molar-refractivity contribution in [2.45, 2.75) is 24.6 Å². The van der Waals surface area contributed by atoms with Crippen LogP contribution in [-0.4, -0.2) is 15.5 Å². The first-order valence-corrected chi connectivity index (χ1v) is 6.85. The molecule has 0 fully saturated rings. The van der Waals surface area contributed by atoms with Gasteiger partial charge in [0.15, 0.2) is 0 Å². The van der Waals surface area contributed by atoms with Gasteiger partial charge in [0.2, 0.25) is 0 Å². The van der Waals surface area contributed by atoms with Crippen LogP contribution < -0.4 is 5.32 Å². The van der Waals surface area contributed by atoms with Crippen molar-refractivity contribution in [2.75, 3.05) is 0 Å². The quantitative estimate of drug-likeness (QED) is 0.850. The molecule has 0 saturated heterocycles. The molecule has 1 N–H and O–H groups in total. The molecular weight excluding hydrogens is 272 g/mol. The Morgan fingerprint density at radius 1 is 1.32 bits per heavy atom. The summed E-state index contributed by atoms with van der Waals surface area (Å²) in [4.78, 5) is 0. The first-order chi connectivity index (χ1) is 9.15. The summed E-state index contributed by atoms with van der Waals surface area (Å²) < 4.78 is 31.3. The predicted octanol–water partition coefficient (Wildman–Crippen LogP) is 2.76. The highest BCUT2D eigenvalue weighted by Gasteiger charge is 2.07. The second-order valence-corrected chi connectivity index (χ2v) is 4.97. The van der Waals surface area contributed by atoms with Gasteiger partial charge >= 0.3 is 0 Å². The minimum atomic E-state index is -2.36. The second kappa shape index (κ2) is 6.72. The first kappa shape index (κ1) is 14.1. The van der Waals surface area contributed by atoms with Gasteiger partial charge in [-0.25, -0.2) is 0 Å². The standard InChI is InChI=1S/C12H15F2N3OS/c1-17-9(4-5-16-17)6-15-7-10-2-3-11(18-10)8-19-12(13)14/h2-5,12,15H,6-8H2,1H3. The highest BCUT2D eigenvalue weighted by molar-refractivity contribution is 7.98. The van der Waals surface area contributed by atoms with E-state index in [1.807, 2.05) is 13.1 Å². The van der Waals surface area contributed by atoms with Gasteiger partial charge in [-0.15, -0.1) is 0 Å². The van der Waals surface area contributed by atoms with Crippen molar-refractivity contribution >= 4 is 11.8 Å². The summed E-state index contributed by atoms with van der Waals surface area (Å²) in [6.07, 6.45) is 1.74. The van der Waals surface area contributed by atoms with E-state index in [0.717, 1.165) is 11.5 Å². The normalized spacial score (nSPS) is 11.4. The fourth-order valence-corrected chi connectivity index (χ4v) is 2.07. The molecule has 0 saturated carbocycles. The summed E-state index contributed by atoms with van der Waals surface area (Å²) in [6.45, 7) is 1.24. The monoisotopic (exact) mass is 287 g/mol. The fourth-order valence-electron chi connectivity index (χ4n) is 1.63. The van der Waals surface area contributed by atoms with Crippen LogP contribution in [-0.2, 0) is 25.9 Å². The molecule has 0 aromatic carbocycles. The predicted molar refractivity (Wildman–Crippen MR) is 69.8 cm³/mol. The average molecular weight is 287 g/mol. The molecule has 2 heterocycles. The minimum Gasteiger partial charge on any atom is -0.464 e. The van der Waals surface area contributed by atoms with E-state index in [2.05, 4.69) is 10.4 Å². The number of hydrogen-bond donors (Lipinski definition) is 1. The van der Waals surface area contributed by atoms with Crippen LogP contribution in [0.1, 0.15) is 17.2 Å². The Kier molecular flexibility index (Phi) is 4.98. The average Bonchev–Trinajstić information content (AvgIpc) is 2.97. The van der Waals surface area contributed by atoms with Gasteiger partial charge in [0, 0.05) is 19.8 Å². The Hall–Kier alpha value is -1.34. The van der Waals surface area contributed by atoms with E-state index in [4.69, 9.17) is 4.42 Å². The summed E-state index contributed by atoms with van der Waals surface area (Å²) in [5.41, 5.74) is 1.07. The number of nitrogens with one attached hydrogen (secondary N) is 1. The number of alkyl halides is 2. The van der Waals surface area contributed by atoms with Crippen LogP contribution in [0.4, 0.5) is 8.78 Å². The van der Waals surface area contributed by atoms with Crippen LogP contribution in [0.5, 0.6) is 0 Å². The Morgan fingerprint density at radius 2 is 2.11 bits per heavy atom. The number of aryl methyl sites for hydroxylation is 1. The number of halogens is 2. The summed E-state index contributed by atoms with van der Waals surface area (Å²) in [7, 11) is 1.88. The van der Waals surface area contributed by atoms with Crippen molar-refractivity contribution < 1.29 is 13.2 Å². The zero-order valence-electron chi connectivity index (χ0n) is 10.5. The molecule has 19 heavy (non-hydrogen) atoms. The van der Waals surface area contributed by atoms with Crippen molar-refractivity contribution in [1.82, 2.24) is 15.1 Å². The summed E-state index contributed by atoms with van der Waals surface area (Å²) >= 11 is 0.562. The molecule has 0 radical (unpaired) electrons. The van der Waals surface area contributed by atoms with Crippen LogP contribution in [0.15, 0.2) is 28.8 Å². The molecule has 0 aliphatic carbocycles. The molecule has 0 spiro atoms. The number of rotatable bonds is 7. The maximum absolute atomic E-state index is 12.0. The smallest absolute Gasteiger partial charge is 0.284 e. The molecular formula is C12H15F2N3OS. The Balaban J connectivity index is 1.76. The molecule has 4 nitrogen and oxygen atoms in total. The van der Waals surface area contributed by atoms with E-state index in [-0.39, 0.29) is 5.75 Å². The largest absolute Gasteiger partial charge is 0.464 e. The van der Waals surface area contributed by atoms with Gasteiger partial charge in [-0.05, 0) is 18.2 Å². The number of furan rings is 1. The lowest BCUT2D eigenvalue weighted by Gasteiger charge is -2.03. The maximum atomic E-state index is 12.0. The Morgan fingerprint density at radius 3 is 2.79 bits per heavy atom. The van der Waals surface area contributed by atoms with Crippen molar-refractivity contribution in [3.63, 3.8) is 0 Å². The van der Waals surface area contributed by atoms with Crippen molar-refractivity contribution in [3.8, 4) is 0 Å². The van der Waals surface area contributed by atoms with Crippen LogP contribution >= 0.6 is 11.8 Å². The van der Waals surface area contributed by atoms with Crippen molar-refractivity contribution in [1.29, 1.82) is 0 Å². The third-order valence-corrected chi connectivity index (χ3v) is 3.30. The molecule has 2 rings (SSSR count). The third kappa shape index (κ3) is 4.36. The Bertz CT molecular complexity index is 513. The molecule has 0 aliphatic heterocycles. The minimum absolute atomic E-state index is 0.194. The lowest BCUT2D eigenvalue weighted by atomic mass is 10.4. The molecule has 7 heteroatoms. The molecule has 0 aliphatic rings. The molecule has 0 unspecified atom stereocenters. The van der Waals surface area contributed by atoms with Crippen LogP contribution in [0.25, 0.3) is 0 Å². The highest BCUT2D eigenvalue weighted by Crippen LogP contribution is 2.21. The van der Waals surface area contributed by atoms with Crippen LogP contribution in [0.2, 0.25) is 0 Å². The lowest BCUT2D eigenvalue weighted by Crippen LogP contribution is -2.14. The third-order valence-electron chi connectivity index (χ3n) is 2.60. The summed E-state index contributed by atoms with van der Waals surface area (Å²) in [5.74, 6) is -0.856. The van der Waals surface area contributed by atoms with E-state index in [0.29, 0.717) is 30.6 Å². The molecule has 0 bridgehead atoms. The summed E-state index contributed by atoms with van der Waals surface area (Å²) in [5, 5.41) is 7.28. The van der Waals surface area contributed by atoms with E-state index >= 15 is 0 Å². The zero-order chi connectivity index (χ0) is 13.7. The number of thioether (sulfide) groups is 1. The molecule has 0 amide bonds. The van der Waals surface area contributed by atoms with Gasteiger partial charge in [0.05, 0.1) is 18.0 Å². The maximum Gasteiger partial charge on any atom is 0.284 e. The highest BCUT2D eigenvalue weighted by atomic mass is 32.2. The fraction of sp³-hybridized carbons (Fsp3) is 0.417. The van der Waals surface area contributed by atoms with Crippen LogP contribution in [0.3, 0.4) is 0 Å². The van der Waals surface area contributed by atoms with Crippen LogP contribution in [0, 0.1) is 0 Å². The van der Waals surface area contributed by atoms with Crippen molar-refractivity contribution in [3.05, 3.63) is 41.6 Å². The molecule has 2 aromatic rings. The van der Waals surface area contributed by atoms with E-state index < -0.39 is 5.76 Å². The van der Waals surface area contributed by atoms with E-state index in [1.165, 1.54) is 0 Å². The second-order valence-electron chi connectivity index (χ2n) is 3.99. The number of nitrogens with zero attached hydrogens (tertiary/aromatic N) is 2. The number of aromatic nitrogens is 2. The molecule has 0 atom stereocenters. The zero-order valence-corrected chi connectivity index (χ0v) is 11.3. The lowest BCUT2D eigenvalue weighted by molar-refractivity contribution is 0.251. The SMILES string of the molecule is Cn1nccc1CNCc1ccc(CSC(F)F)o1. The van der Waals surface area contributed by atoms with E-state index in [1.54, 1.807) is 23.0 Å². The van der Waals surface area contributed by atoms with Gasteiger partial charge in [0.25, 0.3) is 5.76 Å². The van der Waals surface area contributed by atoms with Gasteiger partial charge in [-0.2, -0.15) is 13.9 Å². The van der Waals surface area contributed by atoms with Gasteiger partial charge in [-0.3, -0.25) is 4.68 Å². The molecule has 2 aromatic heterocycles. The topological polar surface area (TPSA) is 43.0 Å². The van der Waals surface area contributed by atoms with Gasteiger partial charge in [0.1, 0.15) is 11.5 Å².